The van der Waals surface area contributed by atoms with Crippen LogP contribution in [0.1, 0.15) is 23.6 Å². The van der Waals surface area contributed by atoms with Gasteiger partial charge in [-0.3, -0.25) is 0 Å². The van der Waals surface area contributed by atoms with Crippen LogP contribution in [-0.2, 0) is 13.0 Å². The molecule has 0 fully saturated rings. The Hall–Kier alpha value is -1.67. The van der Waals surface area contributed by atoms with Crippen molar-refractivity contribution in [2.45, 2.75) is 26.9 Å². The van der Waals surface area contributed by atoms with Gasteiger partial charge in [-0.2, -0.15) is 0 Å². The van der Waals surface area contributed by atoms with Gasteiger partial charge in [0.2, 0.25) is 0 Å². The predicted octanol–water partition coefficient (Wildman–Crippen LogP) is 4.80. The van der Waals surface area contributed by atoms with E-state index >= 15 is 0 Å². The Morgan fingerprint density at radius 2 is 1.90 bits per heavy atom. The molecule has 0 amide bonds. The van der Waals surface area contributed by atoms with E-state index in [1.165, 1.54) is 5.56 Å². The highest BCUT2D eigenvalue weighted by Gasteiger charge is 2.06. The fraction of sp³-hybridized carbons (Fsp3) is 0.294. The van der Waals surface area contributed by atoms with E-state index in [1.807, 2.05) is 31.2 Å². The van der Waals surface area contributed by atoms with Crippen LogP contribution >= 0.6 is 11.6 Å². The maximum atomic E-state index is 6.01. The van der Waals surface area contributed by atoms with Gasteiger partial charge in [-0.05, 0) is 54.8 Å². The van der Waals surface area contributed by atoms with Crippen molar-refractivity contribution in [3.8, 4) is 11.5 Å². The monoisotopic (exact) mass is 290 g/mol. The lowest BCUT2D eigenvalue weighted by Gasteiger charge is -2.12. The quantitative estimate of drug-likeness (QED) is 0.787. The highest BCUT2D eigenvalue weighted by molar-refractivity contribution is 6.31. The normalized spacial score (nSPS) is 10.4. The predicted molar refractivity (Wildman–Crippen MR) is 82.9 cm³/mol. The van der Waals surface area contributed by atoms with E-state index < -0.39 is 0 Å². The SMILES string of the molecule is CCc1ccc(OC)c(COc2ccc(Cl)c(C)c2)c1. The fourth-order valence-corrected chi connectivity index (χ4v) is 2.15. The van der Waals surface area contributed by atoms with Crippen molar-refractivity contribution in [1.29, 1.82) is 0 Å². The molecule has 2 rings (SSSR count). The van der Waals surface area contributed by atoms with Crippen LogP contribution in [0.4, 0.5) is 0 Å². The zero-order valence-corrected chi connectivity index (χ0v) is 12.8. The molecule has 2 aromatic rings. The molecule has 0 aliphatic heterocycles. The molecule has 0 aromatic heterocycles. The molecule has 0 unspecified atom stereocenters. The zero-order valence-electron chi connectivity index (χ0n) is 12.1. The number of aryl methyl sites for hydroxylation is 2. The van der Waals surface area contributed by atoms with Crippen molar-refractivity contribution in [2.75, 3.05) is 7.11 Å². The van der Waals surface area contributed by atoms with E-state index in [0.29, 0.717) is 6.61 Å². The number of rotatable bonds is 5. The number of halogens is 1. The number of hydrogen-bond donors (Lipinski definition) is 0. The summed E-state index contributed by atoms with van der Waals surface area (Å²) in [7, 11) is 1.68. The third kappa shape index (κ3) is 3.45. The first-order chi connectivity index (χ1) is 9.63. The number of hydrogen-bond acceptors (Lipinski definition) is 2. The second-order valence-electron chi connectivity index (χ2n) is 4.70. The molecule has 0 N–H and O–H groups in total. The first kappa shape index (κ1) is 14.7. The lowest BCUT2D eigenvalue weighted by Crippen LogP contribution is -2.00. The minimum atomic E-state index is 0.484. The summed E-state index contributed by atoms with van der Waals surface area (Å²) in [5.74, 6) is 1.67. The molecule has 2 nitrogen and oxygen atoms in total. The molecule has 0 saturated heterocycles. The number of ether oxygens (including phenoxy) is 2. The maximum absolute atomic E-state index is 6.01. The smallest absolute Gasteiger partial charge is 0.125 e. The lowest BCUT2D eigenvalue weighted by molar-refractivity contribution is 0.296. The van der Waals surface area contributed by atoms with Crippen LogP contribution < -0.4 is 9.47 Å². The molecule has 2 aromatic carbocycles. The third-order valence-corrected chi connectivity index (χ3v) is 3.70. The van der Waals surface area contributed by atoms with E-state index in [4.69, 9.17) is 21.1 Å². The summed E-state index contributed by atoms with van der Waals surface area (Å²) in [4.78, 5) is 0. The Morgan fingerprint density at radius 1 is 1.10 bits per heavy atom. The summed E-state index contributed by atoms with van der Waals surface area (Å²) in [5, 5.41) is 0.753. The molecule has 0 spiro atoms. The highest BCUT2D eigenvalue weighted by atomic mass is 35.5. The Morgan fingerprint density at radius 3 is 2.55 bits per heavy atom. The van der Waals surface area contributed by atoms with Crippen molar-refractivity contribution in [3.63, 3.8) is 0 Å². The number of benzene rings is 2. The van der Waals surface area contributed by atoms with Crippen LogP contribution in [0.25, 0.3) is 0 Å². The van der Waals surface area contributed by atoms with E-state index in [2.05, 4.69) is 19.1 Å². The molecule has 106 valence electrons. The second-order valence-corrected chi connectivity index (χ2v) is 5.11. The summed E-state index contributed by atoms with van der Waals surface area (Å²) in [6, 6.07) is 11.9. The van der Waals surface area contributed by atoms with Gasteiger partial charge in [0.15, 0.2) is 0 Å². The highest BCUT2D eigenvalue weighted by Crippen LogP contribution is 2.25. The molecule has 0 bridgehead atoms. The van der Waals surface area contributed by atoms with Crippen LogP contribution in [0, 0.1) is 6.92 Å². The Labute approximate surface area is 125 Å². The van der Waals surface area contributed by atoms with Crippen molar-refractivity contribution < 1.29 is 9.47 Å². The fourth-order valence-electron chi connectivity index (χ4n) is 2.03. The summed E-state index contributed by atoms with van der Waals surface area (Å²) in [6.45, 7) is 4.58. The van der Waals surface area contributed by atoms with Crippen LogP contribution in [0.15, 0.2) is 36.4 Å². The van der Waals surface area contributed by atoms with Gasteiger partial charge in [0, 0.05) is 10.6 Å². The summed E-state index contributed by atoms with van der Waals surface area (Å²) in [5.41, 5.74) is 3.34. The minimum Gasteiger partial charge on any atom is -0.496 e. The van der Waals surface area contributed by atoms with Crippen molar-refractivity contribution in [2.24, 2.45) is 0 Å². The Balaban J connectivity index is 2.15. The van der Waals surface area contributed by atoms with E-state index in [9.17, 15) is 0 Å². The van der Waals surface area contributed by atoms with Gasteiger partial charge < -0.3 is 9.47 Å². The Bertz CT molecular complexity index is 594. The van der Waals surface area contributed by atoms with Gasteiger partial charge >= 0.3 is 0 Å². The van der Waals surface area contributed by atoms with Crippen molar-refractivity contribution in [1.82, 2.24) is 0 Å². The Kier molecular flexibility index (Phi) is 4.91. The standard InChI is InChI=1S/C17H19ClO2/c1-4-13-5-8-17(19-3)14(10-13)11-20-15-6-7-16(18)12(2)9-15/h5-10H,4,11H2,1-3H3. The van der Waals surface area contributed by atoms with E-state index in [0.717, 1.165) is 34.1 Å². The zero-order chi connectivity index (χ0) is 14.5. The van der Waals surface area contributed by atoms with Gasteiger partial charge in [0.25, 0.3) is 0 Å². The van der Waals surface area contributed by atoms with Crippen molar-refractivity contribution >= 4 is 11.6 Å². The molecular weight excluding hydrogens is 272 g/mol. The minimum absolute atomic E-state index is 0.484. The summed E-state index contributed by atoms with van der Waals surface area (Å²) >= 11 is 6.01. The van der Waals surface area contributed by atoms with Gasteiger partial charge in [-0.25, -0.2) is 0 Å². The third-order valence-electron chi connectivity index (χ3n) is 3.28. The summed E-state index contributed by atoms with van der Waals surface area (Å²) in [6.07, 6.45) is 0.997. The molecule has 0 heterocycles. The van der Waals surface area contributed by atoms with Gasteiger partial charge in [0.1, 0.15) is 18.1 Å². The lowest BCUT2D eigenvalue weighted by atomic mass is 10.1. The van der Waals surface area contributed by atoms with Gasteiger partial charge in [0.05, 0.1) is 7.11 Å². The van der Waals surface area contributed by atoms with E-state index in [-0.39, 0.29) is 0 Å². The topological polar surface area (TPSA) is 18.5 Å². The first-order valence-corrected chi connectivity index (χ1v) is 7.06. The average molecular weight is 291 g/mol. The largest absolute Gasteiger partial charge is 0.496 e. The molecule has 0 atom stereocenters. The number of methoxy groups -OCH3 is 1. The van der Waals surface area contributed by atoms with Gasteiger partial charge in [-0.1, -0.05) is 24.6 Å². The van der Waals surface area contributed by atoms with Crippen LogP contribution in [0.3, 0.4) is 0 Å². The van der Waals surface area contributed by atoms with Crippen LogP contribution in [0.2, 0.25) is 5.02 Å². The molecule has 0 aliphatic carbocycles. The average Bonchev–Trinajstić information content (AvgIpc) is 2.48. The molecule has 20 heavy (non-hydrogen) atoms. The van der Waals surface area contributed by atoms with Crippen LogP contribution in [0.5, 0.6) is 11.5 Å². The molecule has 0 saturated carbocycles. The first-order valence-electron chi connectivity index (χ1n) is 6.68. The molecule has 0 radical (unpaired) electrons. The molecule has 0 aliphatic rings. The molecular formula is C17H19ClO2. The second kappa shape index (κ2) is 6.67. The maximum Gasteiger partial charge on any atom is 0.125 e. The van der Waals surface area contributed by atoms with Crippen molar-refractivity contribution in [3.05, 3.63) is 58.1 Å². The van der Waals surface area contributed by atoms with Gasteiger partial charge in [-0.15, -0.1) is 0 Å². The van der Waals surface area contributed by atoms with E-state index in [1.54, 1.807) is 7.11 Å². The van der Waals surface area contributed by atoms with Crippen LogP contribution in [-0.4, -0.2) is 7.11 Å². The summed E-state index contributed by atoms with van der Waals surface area (Å²) < 4.78 is 11.2. The molecule has 3 heteroatoms.